The molecule has 1 aromatic carbocycles. The Morgan fingerprint density at radius 2 is 2.04 bits per heavy atom. The molecule has 2 aromatic heterocycles. The SMILES string of the molecule is Cc1cc(C)n2c(S[C@H](C)C(=O)Nc3cccc(Cl)c3Cl)nnc2n1. The number of halogens is 2. The molecule has 0 fully saturated rings. The Bertz CT molecular complexity index is 959. The summed E-state index contributed by atoms with van der Waals surface area (Å²) in [6.07, 6.45) is 0. The van der Waals surface area contributed by atoms with Crippen molar-refractivity contribution in [2.75, 3.05) is 5.32 Å². The van der Waals surface area contributed by atoms with Gasteiger partial charge in [0, 0.05) is 11.4 Å². The second-order valence-corrected chi connectivity index (χ2v) is 7.60. The van der Waals surface area contributed by atoms with Crippen LogP contribution >= 0.6 is 35.0 Å². The largest absolute Gasteiger partial charge is 0.324 e. The smallest absolute Gasteiger partial charge is 0.256 e. The number of hydrogen-bond acceptors (Lipinski definition) is 5. The third-order valence-electron chi connectivity index (χ3n) is 3.52. The van der Waals surface area contributed by atoms with Crippen molar-refractivity contribution in [1.82, 2.24) is 19.6 Å². The third-order valence-corrected chi connectivity index (χ3v) is 5.39. The van der Waals surface area contributed by atoms with Crippen LogP contribution < -0.4 is 5.32 Å². The average molecular weight is 396 g/mol. The van der Waals surface area contributed by atoms with Crippen molar-refractivity contribution in [1.29, 1.82) is 0 Å². The molecule has 0 aliphatic heterocycles. The van der Waals surface area contributed by atoms with Crippen LogP contribution in [-0.4, -0.2) is 30.7 Å². The average Bonchev–Trinajstić information content (AvgIpc) is 2.94. The molecule has 0 aliphatic rings. The van der Waals surface area contributed by atoms with Crippen molar-refractivity contribution in [2.45, 2.75) is 31.2 Å². The molecule has 130 valence electrons. The highest BCUT2D eigenvalue weighted by Crippen LogP contribution is 2.30. The second-order valence-electron chi connectivity index (χ2n) is 5.51. The second kappa shape index (κ2) is 7.19. The molecule has 1 N–H and O–H groups in total. The summed E-state index contributed by atoms with van der Waals surface area (Å²) < 4.78 is 1.83. The standard InChI is InChI=1S/C16H15Cl2N5OS/c1-8-7-9(2)23-15(19-8)21-22-16(23)25-10(3)14(24)20-12-6-4-5-11(17)13(12)18/h4-7,10H,1-3H3,(H,20,24)/t10-/m1/s1. The van der Waals surface area contributed by atoms with Crippen molar-refractivity contribution in [3.8, 4) is 0 Å². The van der Waals surface area contributed by atoms with Crippen LogP contribution in [0, 0.1) is 13.8 Å². The quantitative estimate of drug-likeness (QED) is 0.671. The van der Waals surface area contributed by atoms with Gasteiger partial charge in [-0.3, -0.25) is 9.20 Å². The van der Waals surface area contributed by atoms with Gasteiger partial charge in [0.2, 0.25) is 5.91 Å². The zero-order valence-corrected chi connectivity index (χ0v) is 16.1. The molecule has 0 saturated carbocycles. The maximum absolute atomic E-state index is 12.5. The summed E-state index contributed by atoms with van der Waals surface area (Å²) in [7, 11) is 0. The Kier molecular flexibility index (Phi) is 5.17. The van der Waals surface area contributed by atoms with E-state index in [2.05, 4.69) is 20.5 Å². The van der Waals surface area contributed by atoms with Crippen LogP contribution in [0.5, 0.6) is 0 Å². The normalized spacial score (nSPS) is 12.4. The molecular formula is C16H15Cl2N5OS. The van der Waals surface area contributed by atoms with Gasteiger partial charge < -0.3 is 5.32 Å². The van der Waals surface area contributed by atoms with Gasteiger partial charge in [-0.1, -0.05) is 41.0 Å². The Labute approximate surface area is 158 Å². The first-order valence-electron chi connectivity index (χ1n) is 7.47. The minimum atomic E-state index is -0.414. The molecule has 6 nitrogen and oxygen atoms in total. The van der Waals surface area contributed by atoms with E-state index in [9.17, 15) is 4.79 Å². The summed E-state index contributed by atoms with van der Waals surface area (Å²) in [5, 5.41) is 11.9. The number of rotatable bonds is 4. The van der Waals surface area contributed by atoms with Gasteiger partial charge in [0.05, 0.1) is 21.0 Å². The van der Waals surface area contributed by atoms with Crippen molar-refractivity contribution >= 4 is 52.3 Å². The summed E-state index contributed by atoms with van der Waals surface area (Å²) in [6.45, 7) is 5.64. The molecule has 25 heavy (non-hydrogen) atoms. The van der Waals surface area contributed by atoms with Crippen LogP contribution in [0.4, 0.5) is 5.69 Å². The van der Waals surface area contributed by atoms with Crippen LogP contribution in [0.3, 0.4) is 0 Å². The van der Waals surface area contributed by atoms with Gasteiger partial charge in [0.1, 0.15) is 0 Å². The van der Waals surface area contributed by atoms with E-state index in [1.165, 1.54) is 11.8 Å². The maximum Gasteiger partial charge on any atom is 0.256 e. The minimum Gasteiger partial charge on any atom is -0.324 e. The maximum atomic E-state index is 12.5. The molecule has 0 bridgehead atoms. The molecule has 0 aliphatic carbocycles. The lowest BCUT2D eigenvalue weighted by molar-refractivity contribution is -0.115. The minimum absolute atomic E-state index is 0.205. The number of nitrogens with one attached hydrogen (secondary N) is 1. The van der Waals surface area contributed by atoms with E-state index in [4.69, 9.17) is 23.2 Å². The van der Waals surface area contributed by atoms with Gasteiger partial charge in [-0.2, -0.15) is 0 Å². The third kappa shape index (κ3) is 3.73. The Balaban J connectivity index is 1.79. The number of thioether (sulfide) groups is 1. The van der Waals surface area contributed by atoms with E-state index in [0.717, 1.165) is 11.4 Å². The molecule has 2 heterocycles. The Morgan fingerprint density at radius 1 is 1.28 bits per heavy atom. The fourth-order valence-corrected chi connectivity index (χ4v) is 3.57. The van der Waals surface area contributed by atoms with Crippen molar-refractivity contribution < 1.29 is 4.79 Å². The number of hydrogen-bond donors (Lipinski definition) is 1. The molecule has 1 amide bonds. The highest BCUT2D eigenvalue weighted by Gasteiger charge is 2.20. The summed E-state index contributed by atoms with van der Waals surface area (Å²) in [5.41, 5.74) is 2.31. The number of aromatic nitrogens is 4. The molecule has 0 unspecified atom stereocenters. The molecule has 1 atom stereocenters. The lowest BCUT2D eigenvalue weighted by Gasteiger charge is -2.13. The number of anilines is 1. The van der Waals surface area contributed by atoms with Crippen LogP contribution in [0.2, 0.25) is 10.0 Å². The van der Waals surface area contributed by atoms with Gasteiger partial charge in [-0.15, -0.1) is 10.2 Å². The number of fused-ring (bicyclic) bond motifs is 1. The highest BCUT2D eigenvalue weighted by atomic mass is 35.5. The summed E-state index contributed by atoms with van der Waals surface area (Å²) in [5.74, 6) is 0.314. The van der Waals surface area contributed by atoms with Crippen molar-refractivity contribution in [3.63, 3.8) is 0 Å². The monoisotopic (exact) mass is 395 g/mol. The Hall–Kier alpha value is -1.83. The number of aryl methyl sites for hydroxylation is 2. The zero-order valence-electron chi connectivity index (χ0n) is 13.7. The van der Waals surface area contributed by atoms with Crippen LogP contribution in [-0.2, 0) is 4.79 Å². The summed E-state index contributed by atoms with van der Waals surface area (Å²) in [4.78, 5) is 16.8. The van der Waals surface area contributed by atoms with E-state index in [1.54, 1.807) is 25.1 Å². The molecule has 3 aromatic rings. The predicted octanol–water partition coefficient (Wildman–Crippen LogP) is 4.17. The van der Waals surface area contributed by atoms with E-state index in [1.807, 2.05) is 24.3 Å². The van der Waals surface area contributed by atoms with Gasteiger partial charge in [-0.05, 0) is 39.0 Å². The number of nitrogens with zero attached hydrogens (tertiary/aromatic N) is 4. The lowest BCUT2D eigenvalue weighted by Crippen LogP contribution is -2.23. The van der Waals surface area contributed by atoms with Gasteiger partial charge >= 0.3 is 0 Å². The molecule has 3 rings (SSSR count). The first-order valence-corrected chi connectivity index (χ1v) is 9.11. The molecule has 0 spiro atoms. The molecule has 0 saturated heterocycles. The first kappa shape index (κ1) is 18.0. The van der Waals surface area contributed by atoms with Gasteiger partial charge in [-0.25, -0.2) is 4.98 Å². The number of benzene rings is 1. The number of carbonyl (C=O) groups excluding carboxylic acids is 1. The van der Waals surface area contributed by atoms with Crippen LogP contribution in [0.25, 0.3) is 5.78 Å². The predicted molar refractivity (Wildman–Crippen MR) is 101 cm³/mol. The van der Waals surface area contributed by atoms with Crippen molar-refractivity contribution in [3.05, 3.63) is 45.7 Å². The zero-order chi connectivity index (χ0) is 18.1. The molecular weight excluding hydrogens is 381 g/mol. The van der Waals surface area contributed by atoms with Crippen molar-refractivity contribution in [2.24, 2.45) is 0 Å². The topological polar surface area (TPSA) is 72.2 Å². The van der Waals surface area contributed by atoms with Crippen LogP contribution in [0.15, 0.2) is 29.4 Å². The lowest BCUT2D eigenvalue weighted by atomic mass is 10.3. The van der Waals surface area contributed by atoms with Gasteiger partial charge in [0.15, 0.2) is 5.16 Å². The molecule has 9 heteroatoms. The molecule has 0 radical (unpaired) electrons. The van der Waals surface area contributed by atoms with E-state index in [-0.39, 0.29) is 5.91 Å². The van der Waals surface area contributed by atoms with E-state index >= 15 is 0 Å². The number of carbonyl (C=O) groups is 1. The summed E-state index contributed by atoms with van der Waals surface area (Å²) in [6, 6.07) is 7.03. The van der Waals surface area contributed by atoms with E-state index < -0.39 is 5.25 Å². The Morgan fingerprint density at radius 3 is 2.80 bits per heavy atom. The highest BCUT2D eigenvalue weighted by molar-refractivity contribution is 8.00. The fourth-order valence-electron chi connectivity index (χ4n) is 2.32. The van der Waals surface area contributed by atoms with Gasteiger partial charge in [0.25, 0.3) is 5.78 Å². The number of amides is 1. The first-order chi connectivity index (χ1) is 11.9. The van der Waals surface area contributed by atoms with Crippen LogP contribution in [0.1, 0.15) is 18.3 Å². The summed E-state index contributed by atoms with van der Waals surface area (Å²) >= 11 is 13.4. The van der Waals surface area contributed by atoms with E-state index in [0.29, 0.717) is 26.7 Å². The fraction of sp³-hybridized carbons (Fsp3) is 0.250.